The van der Waals surface area contributed by atoms with Crippen LogP contribution in [-0.4, -0.2) is 29.4 Å². The number of aryl methyl sites for hydroxylation is 1. The van der Waals surface area contributed by atoms with Gasteiger partial charge in [-0.3, -0.25) is 4.68 Å². The van der Waals surface area contributed by atoms with Crippen LogP contribution in [0.15, 0.2) is 36.7 Å². The van der Waals surface area contributed by atoms with Crippen LogP contribution in [0.2, 0.25) is 0 Å². The number of nitrogens with one attached hydrogen (secondary N) is 1. The highest BCUT2D eigenvalue weighted by Gasteiger charge is 2.15. The van der Waals surface area contributed by atoms with E-state index in [1.54, 1.807) is 0 Å². The molecule has 0 saturated carbocycles. The average molecular weight is 279 g/mol. The first-order valence-corrected chi connectivity index (χ1v) is 6.40. The van der Waals surface area contributed by atoms with Crippen LogP contribution < -0.4 is 10.2 Å². The number of fused-ring (bicyclic) bond motifs is 1. The molecule has 1 aromatic carbocycles. The third kappa shape index (κ3) is 3.01. The molecule has 4 nitrogen and oxygen atoms in total. The number of hydrogen-bond acceptors (Lipinski definition) is 3. The number of nitrogens with zero attached hydrogens (tertiary/aromatic N) is 3. The maximum Gasteiger partial charge on any atom is 0.0603 e. The number of hydrogen-bond donors (Lipinski definition) is 1. The summed E-state index contributed by atoms with van der Waals surface area (Å²) in [5.74, 6) is 0. The van der Waals surface area contributed by atoms with E-state index in [0.29, 0.717) is 0 Å². The number of para-hydroxylation sites is 2. The fraction of sp³-hybridized carbons (Fsp3) is 0.357. The van der Waals surface area contributed by atoms with E-state index in [4.69, 9.17) is 0 Å². The maximum atomic E-state index is 4.33. The second kappa shape index (κ2) is 5.97. The minimum Gasteiger partial charge on any atom is -0.382 e. The summed E-state index contributed by atoms with van der Waals surface area (Å²) in [7, 11) is 0. The Labute approximate surface area is 119 Å². The van der Waals surface area contributed by atoms with Gasteiger partial charge in [0.2, 0.25) is 0 Å². The molecule has 0 radical (unpaired) electrons. The number of anilines is 2. The van der Waals surface area contributed by atoms with Crippen molar-refractivity contribution in [3.8, 4) is 0 Å². The summed E-state index contributed by atoms with van der Waals surface area (Å²) in [6.07, 6.45) is 4.00. The van der Waals surface area contributed by atoms with E-state index in [1.807, 2.05) is 10.9 Å². The molecule has 0 saturated heterocycles. The minimum absolute atomic E-state index is 0. The van der Waals surface area contributed by atoms with Gasteiger partial charge in [-0.25, -0.2) is 0 Å². The highest BCUT2D eigenvalue weighted by atomic mass is 35.5. The average Bonchev–Trinajstić information content (AvgIpc) is 2.82. The van der Waals surface area contributed by atoms with Crippen LogP contribution in [0.1, 0.15) is 5.56 Å². The molecule has 1 aliphatic heterocycles. The smallest absolute Gasteiger partial charge is 0.0603 e. The van der Waals surface area contributed by atoms with E-state index < -0.39 is 0 Å². The molecule has 19 heavy (non-hydrogen) atoms. The van der Waals surface area contributed by atoms with Gasteiger partial charge in [0, 0.05) is 25.8 Å². The van der Waals surface area contributed by atoms with Crippen LogP contribution in [0.3, 0.4) is 0 Å². The van der Waals surface area contributed by atoms with Crippen LogP contribution >= 0.6 is 12.4 Å². The normalized spacial score (nSPS) is 13.4. The Hall–Kier alpha value is -1.68. The van der Waals surface area contributed by atoms with E-state index in [1.165, 1.54) is 16.9 Å². The summed E-state index contributed by atoms with van der Waals surface area (Å²) in [6.45, 7) is 6.07. The van der Waals surface area contributed by atoms with Crippen molar-refractivity contribution in [3.05, 3.63) is 42.2 Å². The Morgan fingerprint density at radius 2 is 2.11 bits per heavy atom. The van der Waals surface area contributed by atoms with Gasteiger partial charge in [-0.15, -0.1) is 12.4 Å². The Kier molecular flexibility index (Phi) is 4.32. The van der Waals surface area contributed by atoms with E-state index in [2.05, 4.69) is 52.7 Å². The zero-order valence-corrected chi connectivity index (χ0v) is 11.9. The van der Waals surface area contributed by atoms with Crippen LogP contribution in [0.25, 0.3) is 0 Å². The minimum atomic E-state index is 0. The van der Waals surface area contributed by atoms with Gasteiger partial charge in [-0.1, -0.05) is 12.1 Å². The molecule has 2 heterocycles. The zero-order chi connectivity index (χ0) is 12.4. The molecular weight excluding hydrogens is 260 g/mol. The third-order valence-corrected chi connectivity index (χ3v) is 3.30. The lowest BCUT2D eigenvalue weighted by Crippen LogP contribution is -2.36. The summed E-state index contributed by atoms with van der Waals surface area (Å²) in [5.41, 5.74) is 3.75. The van der Waals surface area contributed by atoms with Gasteiger partial charge in [0.15, 0.2) is 0 Å². The molecule has 0 spiro atoms. The van der Waals surface area contributed by atoms with Crippen molar-refractivity contribution >= 4 is 23.8 Å². The van der Waals surface area contributed by atoms with E-state index in [-0.39, 0.29) is 12.4 Å². The standard InChI is InChI=1S/C14H18N4.ClH/c1-12-10-16-18(11-12)9-8-17-7-6-15-13-4-2-3-5-14(13)17;/h2-5,10-11,15H,6-9H2,1H3;1H. The SMILES string of the molecule is Cc1cnn(CCN2CCNc3ccccc32)c1.Cl. The van der Waals surface area contributed by atoms with E-state index >= 15 is 0 Å². The number of rotatable bonds is 3. The zero-order valence-electron chi connectivity index (χ0n) is 11.0. The van der Waals surface area contributed by atoms with Gasteiger partial charge < -0.3 is 10.2 Å². The van der Waals surface area contributed by atoms with Crippen LogP contribution in [0.4, 0.5) is 11.4 Å². The van der Waals surface area contributed by atoms with Crippen molar-refractivity contribution in [2.75, 3.05) is 29.9 Å². The lowest BCUT2D eigenvalue weighted by atomic mass is 10.2. The molecule has 1 aromatic heterocycles. The van der Waals surface area contributed by atoms with Crippen molar-refractivity contribution in [3.63, 3.8) is 0 Å². The summed E-state index contributed by atoms with van der Waals surface area (Å²) in [6, 6.07) is 8.48. The van der Waals surface area contributed by atoms with Gasteiger partial charge in [0.1, 0.15) is 0 Å². The molecule has 0 atom stereocenters. The number of aromatic nitrogens is 2. The molecule has 0 unspecified atom stereocenters. The van der Waals surface area contributed by atoms with Crippen molar-refractivity contribution < 1.29 is 0 Å². The fourth-order valence-electron chi connectivity index (χ4n) is 2.39. The van der Waals surface area contributed by atoms with E-state index in [9.17, 15) is 0 Å². The van der Waals surface area contributed by atoms with Crippen molar-refractivity contribution in [2.45, 2.75) is 13.5 Å². The van der Waals surface area contributed by atoms with Gasteiger partial charge in [-0.2, -0.15) is 5.10 Å². The molecule has 0 amide bonds. The highest BCUT2D eigenvalue weighted by molar-refractivity contribution is 5.85. The molecule has 0 bridgehead atoms. The third-order valence-electron chi connectivity index (χ3n) is 3.30. The Balaban J connectivity index is 0.00000133. The second-order valence-electron chi connectivity index (χ2n) is 4.71. The molecule has 5 heteroatoms. The number of benzene rings is 1. The molecular formula is C14H19ClN4. The topological polar surface area (TPSA) is 33.1 Å². The lowest BCUT2D eigenvalue weighted by Gasteiger charge is -2.31. The Morgan fingerprint density at radius 3 is 2.89 bits per heavy atom. The summed E-state index contributed by atoms with van der Waals surface area (Å²) < 4.78 is 2.01. The Bertz CT molecular complexity index is 538. The van der Waals surface area contributed by atoms with Crippen molar-refractivity contribution in [2.24, 2.45) is 0 Å². The molecule has 3 rings (SSSR count). The van der Waals surface area contributed by atoms with Crippen LogP contribution in [-0.2, 0) is 6.54 Å². The monoisotopic (exact) mass is 278 g/mol. The van der Waals surface area contributed by atoms with Crippen molar-refractivity contribution in [1.29, 1.82) is 0 Å². The van der Waals surface area contributed by atoms with Gasteiger partial charge >= 0.3 is 0 Å². The molecule has 0 aliphatic carbocycles. The lowest BCUT2D eigenvalue weighted by molar-refractivity contribution is 0.595. The second-order valence-corrected chi connectivity index (χ2v) is 4.71. The predicted octanol–water partition coefficient (Wildman–Crippen LogP) is 2.55. The highest BCUT2D eigenvalue weighted by Crippen LogP contribution is 2.27. The predicted molar refractivity (Wildman–Crippen MR) is 81.4 cm³/mol. The summed E-state index contributed by atoms with van der Waals surface area (Å²) >= 11 is 0. The first-order valence-electron chi connectivity index (χ1n) is 6.40. The van der Waals surface area contributed by atoms with Crippen molar-refractivity contribution in [1.82, 2.24) is 9.78 Å². The molecule has 1 N–H and O–H groups in total. The summed E-state index contributed by atoms with van der Waals surface area (Å²) in [5, 5.41) is 7.76. The first-order chi connectivity index (χ1) is 8.83. The molecule has 1 aliphatic rings. The Morgan fingerprint density at radius 1 is 1.26 bits per heavy atom. The molecule has 0 fully saturated rings. The number of halogens is 1. The van der Waals surface area contributed by atoms with Crippen LogP contribution in [0.5, 0.6) is 0 Å². The largest absolute Gasteiger partial charge is 0.382 e. The molecule has 102 valence electrons. The summed E-state index contributed by atoms with van der Waals surface area (Å²) in [4.78, 5) is 2.42. The van der Waals surface area contributed by atoms with Crippen LogP contribution in [0, 0.1) is 6.92 Å². The molecule has 2 aromatic rings. The maximum absolute atomic E-state index is 4.33. The van der Waals surface area contributed by atoms with Gasteiger partial charge in [0.25, 0.3) is 0 Å². The first kappa shape index (κ1) is 13.7. The quantitative estimate of drug-likeness (QED) is 0.937. The van der Waals surface area contributed by atoms with Gasteiger partial charge in [0.05, 0.1) is 24.1 Å². The van der Waals surface area contributed by atoms with E-state index in [0.717, 1.165) is 26.2 Å². The van der Waals surface area contributed by atoms with Gasteiger partial charge in [-0.05, 0) is 24.6 Å². The fourth-order valence-corrected chi connectivity index (χ4v) is 2.39.